The number of carbonyl (C=O) groups excluding carboxylic acids is 1. The molecule has 1 fully saturated rings. The molecule has 1 atom stereocenters. The number of sulfone groups is 1. The van der Waals surface area contributed by atoms with E-state index >= 15 is 0 Å². The lowest BCUT2D eigenvalue weighted by Crippen LogP contribution is -2.37. The fourth-order valence-corrected chi connectivity index (χ4v) is 4.20. The second-order valence-corrected chi connectivity index (χ2v) is 9.15. The van der Waals surface area contributed by atoms with Gasteiger partial charge >= 0.3 is 0 Å². The third-order valence-corrected chi connectivity index (χ3v) is 5.88. The molecule has 0 aromatic rings. The summed E-state index contributed by atoms with van der Waals surface area (Å²) in [6, 6.07) is 0. The Morgan fingerprint density at radius 2 is 1.85 bits per heavy atom. The molecule has 1 saturated heterocycles. The van der Waals surface area contributed by atoms with Gasteiger partial charge in [-0.25, -0.2) is 8.42 Å². The Balaban J connectivity index is 2.59. The van der Waals surface area contributed by atoms with Crippen molar-refractivity contribution in [1.82, 2.24) is 4.90 Å². The van der Waals surface area contributed by atoms with Crippen LogP contribution in [0.3, 0.4) is 0 Å². The number of amides is 1. The molecule has 1 aliphatic rings. The molecule has 20 heavy (non-hydrogen) atoms. The lowest BCUT2D eigenvalue weighted by atomic mass is 9.77. The molecule has 4 nitrogen and oxygen atoms in total. The number of rotatable bonds is 4. The minimum Gasteiger partial charge on any atom is -0.342 e. The first-order chi connectivity index (χ1) is 9.15. The van der Waals surface area contributed by atoms with E-state index in [2.05, 4.69) is 20.8 Å². The lowest BCUT2D eigenvalue weighted by molar-refractivity contribution is -0.128. The van der Waals surface area contributed by atoms with E-state index in [4.69, 9.17) is 0 Å². The van der Waals surface area contributed by atoms with Crippen molar-refractivity contribution in [3.63, 3.8) is 0 Å². The molecule has 0 aromatic heterocycles. The lowest BCUT2D eigenvalue weighted by Gasteiger charge is -2.29. The molecule has 5 heteroatoms. The first-order valence-electron chi connectivity index (χ1n) is 7.64. The summed E-state index contributed by atoms with van der Waals surface area (Å²) >= 11 is 0. The van der Waals surface area contributed by atoms with E-state index in [9.17, 15) is 13.2 Å². The molecule has 0 aromatic carbocycles. The van der Waals surface area contributed by atoms with Crippen LogP contribution in [0.25, 0.3) is 0 Å². The second-order valence-electron chi connectivity index (χ2n) is 6.97. The molecule has 0 spiro atoms. The molecular weight excluding hydrogens is 274 g/mol. The van der Waals surface area contributed by atoms with Crippen LogP contribution in [0.5, 0.6) is 0 Å². The van der Waals surface area contributed by atoms with Crippen LogP contribution in [0.1, 0.15) is 53.4 Å². The van der Waals surface area contributed by atoms with E-state index in [0.29, 0.717) is 25.4 Å². The van der Waals surface area contributed by atoms with Crippen molar-refractivity contribution >= 4 is 15.7 Å². The molecule has 0 radical (unpaired) electrons. The Morgan fingerprint density at radius 1 is 1.20 bits per heavy atom. The Bertz CT molecular complexity index is 423. The van der Waals surface area contributed by atoms with Crippen LogP contribution in [0, 0.1) is 11.3 Å². The summed E-state index contributed by atoms with van der Waals surface area (Å²) in [6.07, 6.45) is 3.64. The molecule has 0 unspecified atom stereocenters. The molecule has 0 saturated carbocycles. The Morgan fingerprint density at radius 3 is 2.40 bits per heavy atom. The van der Waals surface area contributed by atoms with E-state index in [1.54, 1.807) is 4.90 Å². The minimum absolute atomic E-state index is 0.108. The SMILES string of the molecule is CCCS(=O)(=O)CC(=O)N1CCC[C@@H](C(C)(C)C)CC1. The largest absolute Gasteiger partial charge is 0.342 e. The maximum atomic E-state index is 12.1. The highest BCUT2D eigenvalue weighted by Crippen LogP contribution is 2.34. The third-order valence-electron chi connectivity index (χ3n) is 4.16. The second kappa shape index (κ2) is 6.92. The van der Waals surface area contributed by atoms with Gasteiger partial charge in [-0.15, -0.1) is 0 Å². The summed E-state index contributed by atoms with van der Waals surface area (Å²) in [5.74, 6) is 0.179. The monoisotopic (exact) mass is 303 g/mol. The van der Waals surface area contributed by atoms with Gasteiger partial charge in [0.2, 0.25) is 5.91 Å². The molecule has 0 aliphatic carbocycles. The van der Waals surface area contributed by atoms with E-state index in [-0.39, 0.29) is 22.8 Å². The van der Waals surface area contributed by atoms with Crippen molar-refractivity contribution in [3.8, 4) is 0 Å². The molecule has 118 valence electrons. The fourth-order valence-electron chi connectivity index (χ4n) is 2.87. The quantitative estimate of drug-likeness (QED) is 0.802. The highest BCUT2D eigenvalue weighted by molar-refractivity contribution is 7.92. The van der Waals surface area contributed by atoms with Crippen LogP contribution in [0.4, 0.5) is 0 Å². The first-order valence-corrected chi connectivity index (χ1v) is 9.46. The maximum absolute atomic E-state index is 12.1. The van der Waals surface area contributed by atoms with Crippen LogP contribution in [0.2, 0.25) is 0 Å². The summed E-state index contributed by atoms with van der Waals surface area (Å²) in [5, 5.41) is 0. The molecule has 0 bridgehead atoms. The van der Waals surface area contributed by atoms with Crippen molar-refractivity contribution < 1.29 is 13.2 Å². The van der Waals surface area contributed by atoms with Gasteiger partial charge in [0.1, 0.15) is 5.75 Å². The standard InChI is InChI=1S/C15H29NO3S/c1-5-11-20(18,19)12-14(17)16-9-6-7-13(8-10-16)15(2,3)4/h13H,5-12H2,1-4H3/t13-/m1/s1. The summed E-state index contributed by atoms with van der Waals surface area (Å²) in [4.78, 5) is 13.9. The van der Waals surface area contributed by atoms with Gasteiger partial charge in [0.05, 0.1) is 5.75 Å². The normalized spacial score (nSPS) is 21.6. The third kappa shape index (κ3) is 5.43. The number of likely N-dealkylation sites (tertiary alicyclic amines) is 1. The van der Waals surface area contributed by atoms with Gasteiger partial charge in [0, 0.05) is 13.1 Å². The van der Waals surface area contributed by atoms with Crippen molar-refractivity contribution in [2.45, 2.75) is 53.4 Å². The van der Waals surface area contributed by atoms with Gasteiger partial charge in [0.15, 0.2) is 9.84 Å². The summed E-state index contributed by atoms with van der Waals surface area (Å²) < 4.78 is 23.5. The molecule has 1 heterocycles. The van der Waals surface area contributed by atoms with Gasteiger partial charge in [-0.05, 0) is 37.0 Å². The fraction of sp³-hybridized carbons (Fsp3) is 0.933. The van der Waals surface area contributed by atoms with Crippen LogP contribution < -0.4 is 0 Å². The van der Waals surface area contributed by atoms with Crippen LogP contribution in [0.15, 0.2) is 0 Å². The van der Waals surface area contributed by atoms with E-state index in [1.165, 1.54) is 0 Å². The van der Waals surface area contributed by atoms with E-state index < -0.39 is 9.84 Å². The van der Waals surface area contributed by atoms with Crippen molar-refractivity contribution in [2.24, 2.45) is 11.3 Å². The number of carbonyl (C=O) groups is 1. The highest BCUT2D eigenvalue weighted by Gasteiger charge is 2.29. The Hall–Kier alpha value is -0.580. The zero-order valence-electron chi connectivity index (χ0n) is 13.3. The molecular formula is C15H29NO3S. The highest BCUT2D eigenvalue weighted by atomic mass is 32.2. The average molecular weight is 303 g/mol. The van der Waals surface area contributed by atoms with Gasteiger partial charge in [0.25, 0.3) is 0 Å². The molecule has 0 N–H and O–H groups in total. The van der Waals surface area contributed by atoms with Crippen molar-refractivity contribution in [3.05, 3.63) is 0 Å². The average Bonchev–Trinajstić information content (AvgIpc) is 2.52. The molecule has 1 amide bonds. The van der Waals surface area contributed by atoms with Crippen LogP contribution in [-0.4, -0.2) is 43.8 Å². The van der Waals surface area contributed by atoms with E-state index in [0.717, 1.165) is 19.3 Å². The Labute approximate surface area is 123 Å². The molecule has 1 rings (SSSR count). The molecule has 1 aliphatic heterocycles. The summed E-state index contributed by atoms with van der Waals surface area (Å²) in [6.45, 7) is 9.93. The predicted octanol–water partition coefficient (Wildman–Crippen LogP) is 2.49. The maximum Gasteiger partial charge on any atom is 0.237 e. The summed E-state index contributed by atoms with van der Waals surface area (Å²) in [5.41, 5.74) is 0.257. The van der Waals surface area contributed by atoms with Crippen molar-refractivity contribution in [1.29, 1.82) is 0 Å². The van der Waals surface area contributed by atoms with Gasteiger partial charge in [-0.3, -0.25) is 4.79 Å². The van der Waals surface area contributed by atoms with Crippen molar-refractivity contribution in [2.75, 3.05) is 24.6 Å². The predicted molar refractivity (Wildman–Crippen MR) is 82.3 cm³/mol. The van der Waals surface area contributed by atoms with Crippen LogP contribution in [-0.2, 0) is 14.6 Å². The number of hydrogen-bond acceptors (Lipinski definition) is 3. The topological polar surface area (TPSA) is 54.5 Å². The number of nitrogens with zero attached hydrogens (tertiary/aromatic N) is 1. The Kier molecular flexibility index (Phi) is 6.05. The smallest absolute Gasteiger partial charge is 0.237 e. The van der Waals surface area contributed by atoms with E-state index in [1.807, 2.05) is 6.92 Å². The van der Waals surface area contributed by atoms with Gasteiger partial charge in [-0.2, -0.15) is 0 Å². The van der Waals surface area contributed by atoms with Gasteiger partial charge < -0.3 is 4.90 Å². The minimum atomic E-state index is -3.23. The van der Waals surface area contributed by atoms with Crippen LogP contribution >= 0.6 is 0 Å². The summed E-state index contributed by atoms with van der Waals surface area (Å²) in [7, 11) is -3.23. The van der Waals surface area contributed by atoms with Gasteiger partial charge in [-0.1, -0.05) is 27.7 Å². The zero-order chi connectivity index (χ0) is 15.4. The first kappa shape index (κ1) is 17.5. The zero-order valence-corrected chi connectivity index (χ0v) is 14.1. The number of hydrogen-bond donors (Lipinski definition) is 0.